The SMILES string of the molecule is CNC(c1cnn(C)n1)c1cnc(C(F)(F)F)s1. The van der Waals surface area contributed by atoms with Crippen molar-refractivity contribution in [3.8, 4) is 0 Å². The van der Waals surface area contributed by atoms with Crippen molar-refractivity contribution in [3.63, 3.8) is 0 Å². The van der Waals surface area contributed by atoms with Crippen LogP contribution in [0.1, 0.15) is 21.6 Å². The van der Waals surface area contributed by atoms with Crippen LogP contribution in [0.5, 0.6) is 0 Å². The maximum atomic E-state index is 12.5. The summed E-state index contributed by atoms with van der Waals surface area (Å²) in [4.78, 5) is 5.19. The van der Waals surface area contributed by atoms with Gasteiger partial charge in [0.25, 0.3) is 0 Å². The first-order valence-corrected chi connectivity index (χ1v) is 5.80. The van der Waals surface area contributed by atoms with E-state index in [4.69, 9.17) is 0 Å². The minimum atomic E-state index is -4.41. The monoisotopic (exact) mass is 277 g/mol. The van der Waals surface area contributed by atoms with Gasteiger partial charge in [-0.25, -0.2) is 4.98 Å². The van der Waals surface area contributed by atoms with E-state index in [9.17, 15) is 13.2 Å². The Morgan fingerprint density at radius 3 is 2.56 bits per heavy atom. The summed E-state index contributed by atoms with van der Waals surface area (Å²) in [6.07, 6.45) is -1.69. The number of thiazole rings is 1. The van der Waals surface area contributed by atoms with E-state index in [1.165, 1.54) is 17.2 Å². The van der Waals surface area contributed by atoms with Gasteiger partial charge in [-0.05, 0) is 7.05 Å². The summed E-state index contributed by atoms with van der Waals surface area (Å²) in [6.45, 7) is 0. The molecule has 0 fully saturated rings. The molecular weight excluding hydrogens is 267 g/mol. The predicted octanol–water partition coefficient (Wildman–Crippen LogP) is 1.60. The summed E-state index contributed by atoms with van der Waals surface area (Å²) in [5.41, 5.74) is 0.553. The zero-order valence-corrected chi connectivity index (χ0v) is 10.4. The number of hydrogen-bond acceptors (Lipinski definition) is 5. The van der Waals surface area contributed by atoms with Gasteiger partial charge in [0.1, 0.15) is 5.69 Å². The summed E-state index contributed by atoms with van der Waals surface area (Å²) >= 11 is 0.601. The Hall–Kier alpha value is -1.48. The van der Waals surface area contributed by atoms with Crippen molar-refractivity contribution in [3.05, 3.63) is 28.0 Å². The number of nitrogens with one attached hydrogen (secondary N) is 1. The van der Waals surface area contributed by atoms with Crippen LogP contribution in [0.3, 0.4) is 0 Å². The Bertz CT molecular complexity index is 532. The highest BCUT2D eigenvalue weighted by atomic mass is 32.1. The molecule has 0 aliphatic carbocycles. The number of hydrogen-bond donors (Lipinski definition) is 1. The van der Waals surface area contributed by atoms with Gasteiger partial charge in [-0.3, -0.25) is 0 Å². The highest BCUT2D eigenvalue weighted by molar-refractivity contribution is 7.11. The standard InChI is InChI=1S/C9H10F3N5S/c1-13-7(5-3-15-17(2)16-5)6-4-14-8(18-6)9(10,11)12/h3-4,7,13H,1-2H3. The molecule has 0 aliphatic rings. The minimum Gasteiger partial charge on any atom is -0.307 e. The van der Waals surface area contributed by atoms with Gasteiger partial charge in [-0.1, -0.05) is 0 Å². The molecule has 0 saturated heterocycles. The van der Waals surface area contributed by atoms with E-state index in [2.05, 4.69) is 20.5 Å². The van der Waals surface area contributed by atoms with Gasteiger partial charge >= 0.3 is 6.18 Å². The lowest BCUT2D eigenvalue weighted by atomic mass is 10.2. The van der Waals surface area contributed by atoms with Crippen LogP contribution >= 0.6 is 11.3 Å². The van der Waals surface area contributed by atoms with Crippen molar-refractivity contribution >= 4 is 11.3 Å². The molecule has 1 unspecified atom stereocenters. The molecule has 98 valence electrons. The van der Waals surface area contributed by atoms with Crippen LogP contribution in [-0.2, 0) is 13.2 Å². The molecule has 0 aliphatic heterocycles. The Balaban J connectivity index is 2.31. The molecule has 2 heterocycles. The highest BCUT2D eigenvalue weighted by Crippen LogP contribution is 2.35. The van der Waals surface area contributed by atoms with Crippen LogP contribution in [0.15, 0.2) is 12.4 Å². The maximum absolute atomic E-state index is 12.5. The van der Waals surface area contributed by atoms with Crippen LogP contribution in [0, 0.1) is 0 Å². The summed E-state index contributed by atoms with van der Waals surface area (Å²) in [6, 6.07) is -0.438. The molecule has 2 aromatic heterocycles. The zero-order chi connectivity index (χ0) is 13.3. The molecule has 0 radical (unpaired) electrons. The van der Waals surface area contributed by atoms with E-state index in [1.807, 2.05) is 0 Å². The lowest BCUT2D eigenvalue weighted by Crippen LogP contribution is -2.17. The van der Waals surface area contributed by atoms with Crippen molar-refractivity contribution in [2.45, 2.75) is 12.2 Å². The largest absolute Gasteiger partial charge is 0.443 e. The fourth-order valence-electron chi connectivity index (χ4n) is 1.48. The molecule has 0 aromatic carbocycles. The topological polar surface area (TPSA) is 55.6 Å². The quantitative estimate of drug-likeness (QED) is 0.926. The van der Waals surface area contributed by atoms with Crippen LogP contribution in [-0.4, -0.2) is 27.0 Å². The summed E-state index contributed by atoms with van der Waals surface area (Å²) < 4.78 is 37.4. The van der Waals surface area contributed by atoms with E-state index in [-0.39, 0.29) is 0 Å². The van der Waals surface area contributed by atoms with Gasteiger partial charge in [-0.15, -0.1) is 11.3 Å². The normalized spacial score (nSPS) is 13.8. The molecule has 1 atom stereocenters. The lowest BCUT2D eigenvalue weighted by molar-refractivity contribution is -0.137. The Morgan fingerprint density at radius 2 is 2.11 bits per heavy atom. The van der Waals surface area contributed by atoms with Crippen molar-refractivity contribution in [2.24, 2.45) is 7.05 Å². The third kappa shape index (κ3) is 2.51. The van der Waals surface area contributed by atoms with Gasteiger partial charge in [0.2, 0.25) is 0 Å². The lowest BCUT2D eigenvalue weighted by Gasteiger charge is -2.09. The Labute approximate surface area is 105 Å². The molecular formula is C9H10F3N5S. The fourth-order valence-corrected chi connectivity index (χ4v) is 2.39. The predicted molar refractivity (Wildman–Crippen MR) is 59.0 cm³/mol. The number of halogens is 3. The van der Waals surface area contributed by atoms with Gasteiger partial charge in [0.15, 0.2) is 5.01 Å². The summed E-state index contributed by atoms with van der Waals surface area (Å²) in [7, 11) is 3.29. The van der Waals surface area contributed by atoms with Crippen molar-refractivity contribution < 1.29 is 13.2 Å². The molecule has 5 nitrogen and oxygen atoms in total. The van der Waals surface area contributed by atoms with Gasteiger partial charge in [-0.2, -0.15) is 28.2 Å². The van der Waals surface area contributed by atoms with Gasteiger partial charge < -0.3 is 5.32 Å². The smallest absolute Gasteiger partial charge is 0.307 e. The third-order valence-corrected chi connectivity index (χ3v) is 3.36. The van der Waals surface area contributed by atoms with Crippen LogP contribution in [0.25, 0.3) is 0 Å². The molecule has 2 rings (SSSR count). The summed E-state index contributed by atoms with van der Waals surface area (Å²) in [5.74, 6) is 0. The summed E-state index contributed by atoms with van der Waals surface area (Å²) in [5, 5.41) is 10.0. The van der Waals surface area contributed by atoms with Crippen molar-refractivity contribution in [1.29, 1.82) is 0 Å². The van der Waals surface area contributed by atoms with E-state index in [0.29, 0.717) is 21.9 Å². The number of rotatable bonds is 3. The second-order valence-electron chi connectivity index (χ2n) is 3.55. The Morgan fingerprint density at radius 1 is 1.39 bits per heavy atom. The van der Waals surface area contributed by atoms with Crippen molar-refractivity contribution in [1.82, 2.24) is 25.3 Å². The molecule has 1 N–H and O–H groups in total. The molecule has 0 bridgehead atoms. The number of aromatic nitrogens is 4. The first-order chi connectivity index (χ1) is 8.41. The second-order valence-corrected chi connectivity index (χ2v) is 4.61. The third-order valence-electron chi connectivity index (χ3n) is 2.25. The zero-order valence-electron chi connectivity index (χ0n) is 9.56. The number of nitrogens with zero attached hydrogens (tertiary/aromatic N) is 4. The highest BCUT2D eigenvalue weighted by Gasteiger charge is 2.35. The molecule has 0 spiro atoms. The van der Waals surface area contributed by atoms with Crippen LogP contribution in [0.2, 0.25) is 0 Å². The average Bonchev–Trinajstić information content (AvgIpc) is 2.88. The second kappa shape index (κ2) is 4.65. The molecule has 2 aromatic rings. The Kier molecular flexibility index (Phi) is 3.35. The van der Waals surface area contributed by atoms with Gasteiger partial charge in [0.05, 0.1) is 12.2 Å². The average molecular weight is 277 g/mol. The molecule has 0 saturated carbocycles. The van der Waals surface area contributed by atoms with Gasteiger partial charge in [0, 0.05) is 18.1 Å². The van der Waals surface area contributed by atoms with E-state index in [1.54, 1.807) is 14.1 Å². The van der Waals surface area contributed by atoms with Crippen molar-refractivity contribution in [2.75, 3.05) is 7.05 Å². The van der Waals surface area contributed by atoms with E-state index in [0.717, 1.165) is 0 Å². The molecule has 18 heavy (non-hydrogen) atoms. The molecule has 9 heteroatoms. The number of aryl methyl sites for hydroxylation is 1. The number of alkyl halides is 3. The van der Waals surface area contributed by atoms with Crippen LogP contribution in [0.4, 0.5) is 13.2 Å². The minimum absolute atomic E-state index is 0.438. The molecule has 0 amide bonds. The van der Waals surface area contributed by atoms with E-state index < -0.39 is 17.2 Å². The first kappa shape index (κ1) is 13.0. The fraction of sp³-hybridized carbons (Fsp3) is 0.444. The maximum Gasteiger partial charge on any atom is 0.443 e. The first-order valence-electron chi connectivity index (χ1n) is 4.98. The van der Waals surface area contributed by atoms with E-state index >= 15 is 0 Å². The van der Waals surface area contributed by atoms with Crippen LogP contribution < -0.4 is 5.32 Å².